The lowest BCUT2D eigenvalue weighted by Crippen LogP contribution is -2.30. The summed E-state index contributed by atoms with van der Waals surface area (Å²) < 4.78 is 32.5. The van der Waals surface area contributed by atoms with Crippen LogP contribution in [0.1, 0.15) is 30.9 Å². The number of fused-ring (bicyclic) bond motifs is 2. The molecule has 0 spiro atoms. The van der Waals surface area contributed by atoms with E-state index < -0.39 is 17.7 Å². The first-order valence-corrected chi connectivity index (χ1v) is 6.01. The van der Waals surface area contributed by atoms with E-state index in [2.05, 4.69) is 0 Å². The van der Waals surface area contributed by atoms with E-state index in [-0.39, 0.29) is 23.7 Å². The van der Waals surface area contributed by atoms with Gasteiger partial charge in [-0.15, -0.1) is 0 Å². The number of rotatable bonds is 2. The van der Waals surface area contributed by atoms with Gasteiger partial charge in [0.15, 0.2) is 0 Å². The van der Waals surface area contributed by atoms with Gasteiger partial charge < -0.3 is 10.5 Å². The van der Waals surface area contributed by atoms with Crippen LogP contribution in [0.3, 0.4) is 0 Å². The predicted octanol–water partition coefficient (Wildman–Crippen LogP) is 2.53. The monoisotopic (exact) mass is 239 g/mol. The van der Waals surface area contributed by atoms with Gasteiger partial charge in [-0.1, -0.05) is 0 Å². The summed E-state index contributed by atoms with van der Waals surface area (Å²) in [7, 11) is 0. The number of hydrogen-bond donors (Lipinski definition) is 1. The average molecular weight is 239 g/mol. The van der Waals surface area contributed by atoms with Crippen molar-refractivity contribution in [2.24, 2.45) is 11.7 Å². The van der Waals surface area contributed by atoms with Crippen LogP contribution in [0.25, 0.3) is 0 Å². The molecule has 1 aromatic carbocycles. The maximum Gasteiger partial charge on any atom is 0.128 e. The van der Waals surface area contributed by atoms with Gasteiger partial charge in [-0.05, 0) is 37.5 Å². The lowest BCUT2D eigenvalue weighted by atomic mass is 9.81. The zero-order chi connectivity index (χ0) is 12.0. The summed E-state index contributed by atoms with van der Waals surface area (Å²) in [5.74, 6) is -0.757. The van der Waals surface area contributed by atoms with Gasteiger partial charge in [0.25, 0.3) is 0 Å². The average Bonchev–Trinajstić information content (AvgIpc) is 2.93. The van der Waals surface area contributed by atoms with Crippen LogP contribution in [0.15, 0.2) is 18.2 Å². The van der Waals surface area contributed by atoms with Crippen molar-refractivity contribution in [1.29, 1.82) is 0 Å². The maximum atomic E-state index is 13.6. The molecule has 4 heteroatoms. The largest absolute Gasteiger partial charge is 0.375 e. The molecule has 2 aliphatic rings. The van der Waals surface area contributed by atoms with Gasteiger partial charge in [-0.3, -0.25) is 0 Å². The summed E-state index contributed by atoms with van der Waals surface area (Å²) in [5.41, 5.74) is 6.34. The zero-order valence-corrected chi connectivity index (χ0v) is 9.40. The summed E-state index contributed by atoms with van der Waals surface area (Å²) in [4.78, 5) is 0. The highest BCUT2D eigenvalue weighted by atomic mass is 19.1. The van der Waals surface area contributed by atoms with Gasteiger partial charge in [-0.2, -0.15) is 0 Å². The molecule has 2 heterocycles. The Morgan fingerprint density at radius 1 is 1.29 bits per heavy atom. The minimum absolute atomic E-state index is 0.116. The molecular weight excluding hydrogens is 224 g/mol. The highest BCUT2D eigenvalue weighted by Crippen LogP contribution is 2.44. The van der Waals surface area contributed by atoms with Crippen molar-refractivity contribution in [3.63, 3.8) is 0 Å². The van der Waals surface area contributed by atoms with Crippen molar-refractivity contribution in [2.45, 2.75) is 37.5 Å². The van der Waals surface area contributed by atoms with E-state index in [1.54, 1.807) is 0 Å². The van der Waals surface area contributed by atoms with Crippen LogP contribution < -0.4 is 5.73 Å². The molecule has 2 nitrogen and oxygen atoms in total. The predicted molar refractivity (Wildman–Crippen MR) is 59.3 cm³/mol. The third-order valence-corrected chi connectivity index (χ3v) is 3.93. The standard InChI is InChI=1S/C13H15F2NO/c14-7-1-3-11(15)9(5-7)13(16)10-6-8-2-4-12(10)17-8/h1,3,5,8,10,12-13H,2,4,6,16H2. The molecule has 4 atom stereocenters. The fourth-order valence-electron chi connectivity index (χ4n) is 3.06. The first-order chi connectivity index (χ1) is 8.15. The fourth-order valence-corrected chi connectivity index (χ4v) is 3.06. The van der Waals surface area contributed by atoms with E-state index in [0.717, 1.165) is 31.4 Å². The van der Waals surface area contributed by atoms with Crippen LogP contribution in [0.4, 0.5) is 8.78 Å². The van der Waals surface area contributed by atoms with Crippen molar-refractivity contribution in [1.82, 2.24) is 0 Å². The molecule has 2 fully saturated rings. The summed E-state index contributed by atoms with van der Waals surface area (Å²) in [5, 5.41) is 0. The molecule has 0 saturated carbocycles. The molecule has 4 unspecified atom stereocenters. The lowest BCUT2D eigenvalue weighted by molar-refractivity contribution is 0.0882. The van der Waals surface area contributed by atoms with Crippen LogP contribution in [0.2, 0.25) is 0 Å². The highest BCUT2D eigenvalue weighted by Gasteiger charge is 2.44. The molecule has 2 aliphatic heterocycles. The number of halogens is 2. The van der Waals surface area contributed by atoms with Crippen molar-refractivity contribution in [3.05, 3.63) is 35.4 Å². The van der Waals surface area contributed by atoms with E-state index in [4.69, 9.17) is 10.5 Å². The van der Waals surface area contributed by atoms with Gasteiger partial charge >= 0.3 is 0 Å². The first-order valence-electron chi connectivity index (χ1n) is 6.01. The normalized spacial score (nSPS) is 33.0. The molecule has 2 bridgehead atoms. The Morgan fingerprint density at radius 2 is 2.12 bits per heavy atom. The third kappa shape index (κ3) is 1.85. The molecule has 17 heavy (non-hydrogen) atoms. The maximum absolute atomic E-state index is 13.6. The van der Waals surface area contributed by atoms with Gasteiger partial charge in [0.05, 0.1) is 12.2 Å². The molecule has 0 aromatic heterocycles. The third-order valence-electron chi connectivity index (χ3n) is 3.93. The topological polar surface area (TPSA) is 35.2 Å². The van der Waals surface area contributed by atoms with Crippen molar-refractivity contribution in [3.8, 4) is 0 Å². The van der Waals surface area contributed by atoms with Crippen LogP contribution in [-0.2, 0) is 4.74 Å². The second-order valence-corrected chi connectivity index (χ2v) is 4.97. The van der Waals surface area contributed by atoms with Crippen LogP contribution >= 0.6 is 0 Å². The van der Waals surface area contributed by atoms with E-state index >= 15 is 0 Å². The Labute approximate surface area is 98.8 Å². The van der Waals surface area contributed by atoms with Crippen molar-refractivity contribution >= 4 is 0 Å². The van der Waals surface area contributed by atoms with Gasteiger partial charge in [0.1, 0.15) is 11.6 Å². The number of benzene rings is 1. The summed E-state index contributed by atoms with van der Waals surface area (Å²) in [6, 6.07) is 2.98. The molecule has 0 amide bonds. The Kier molecular flexibility index (Phi) is 2.64. The van der Waals surface area contributed by atoms with E-state index in [9.17, 15) is 8.78 Å². The van der Waals surface area contributed by atoms with Crippen LogP contribution in [-0.4, -0.2) is 12.2 Å². The molecule has 2 saturated heterocycles. The Morgan fingerprint density at radius 3 is 2.76 bits per heavy atom. The van der Waals surface area contributed by atoms with E-state index in [0.29, 0.717) is 0 Å². The number of nitrogens with two attached hydrogens (primary N) is 1. The molecule has 3 rings (SSSR count). The Balaban J connectivity index is 1.86. The van der Waals surface area contributed by atoms with E-state index in [1.807, 2.05) is 0 Å². The minimum Gasteiger partial charge on any atom is -0.375 e. The smallest absolute Gasteiger partial charge is 0.128 e. The van der Waals surface area contributed by atoms with Crippen LogP contribution in [0, 0.1) is 17.6 Å². The summed E-state index contributed by atoms with van der Waals surface area (Å²) in [6.07, 6.45) is 3.31. The first kappa shape index (κ1) is 11.1. The van der Waals surface area contributed by atoms with Crippen molar-refractivity contribution in [2.75, 3.05) is 0 Å². The lowest BCUT2D eigenvalue weighted by Gasteiger charge is -2.25. The highest BCUT2D eigenvalue weighted by molar-refractivity contribution is 5.23. The molecular formula is C13H15F2NO. The summed E-state index contributed by atoms with van der Waals surface area (Å²) >= 11 is 0. The van der Waals surface area contributed by atoms with Gasteiger partial charge in [-0.25, -0.2) is 8.78 Å². The zero-order valence-electron chi connectivity index (χ0n) is 9.40. The SMILES string of the molecule is NC(c1cc(F)ccc1F)C1CC2CCC1O2. The number of hydrogen-bond acceptors (Lipinski definition) is 2. The number of ether oxygens (including phenoxy) is 1. The second-order valence-electron chi connectivity index (χ2n) is 4.97. The van der Waals surface area contributed by atoms with Gasteiger partial charge in [0, 0.05) is 17.5 Å². The molecule has 92 valence electrons. The van der Waals surface area contributed by atoms with E-state index in [1.165, 1.54) is 6.07 Å². The quantitative estimate of drug-likeness (QED) is 0.860. The minimum atomic E-state index is -0.471. The molecule has 0 radical (unpaired) electrons. The molecule has 1 aromatic rings. The molecule has 0 aliphatic carbocycles. The second kappa shape index (κ2) is 4.03. The van der Waals surface area contributed by atoms with Gasteiger partial charge in [0.2, 0.25) is 0 Å². The summed E-state index contributed by atoms with van der Waals surface area (Å²) in [6.45, 7) is 0. The van der Waals surface area contributed by atoms with Crippen molar-refractivity contribution < 1.29 is 13.5 Å². The van der Waals surface area contributed by atoms with Crippen LogP contribution in [0.5, 0.6) is 0 Å². The Hall–Kier alpha value is -1.00. The Bertz CT molecular complexity index is 437. The fraction of sp³-hybridized carbons (Fsp3) is 0.538. The molecule has 2 N–H and O–H groups in total.